The summed E-state index contributed by atoms with van der Waals surface area (Å²) in [6, 6.07) is 3.27. The van der Waals surface area contributed by atoms with Gasteiger partial charge in [-0.2, -0.15) is 4.98 Å². The topological polar surface area (TPSA) is 101 Å². The van der Waals surface area contributed by atoms with Crippen molar-refractivity contribution in [2.24, 2.45) is 5.41 Å². The Morgan fingerprint density at radius 3 is 2.85 bits per heavy atom. The molecule has 0 bridgehead atoms. The third-order valence-corrected chi connectivity index (χ3v) is 2.61. The normalized spacial score (nSPS) is 11.3. The molecule has 0 aromatic carbocycles. The van der Waals surface area contributed by atoms with E-state index in [2.05, 4.69) is 20.4 Å². The molecule has 2 N–H and O–H groups in total. The van der Waals surface area contributed by atoms with Crippen molar-refractivity contribution in [1.82, 2.24) is 20.4 Å². The van der Waals surface area contributed by atoms with Crippen LogP contribution >= 0.6 is 0 Å². The fourth-order valence-corrected chi connectivity index (χ4v) is 1.45. The van der Waals surface area contributed by atoms with Crippen molar-refractivity contribution in [3.05, 3.63) is 34.6 Å². The average molecular weight is 276 g/mol. The van der Waals surface area contributed by atoms with E-state index in [1.54, 1.807) is 12.1 Å². The van der Waals surface area contributed by atoms with E-state index < -0.39 is 5.41 Å². The number of hydrogen-bond donors (Lipinski definition) is 2. The molecule has 0 aliphatic carbocycles. The summed E-state index contributed by atoms with van der Waals surface area (Å²) in [4.78, 5) is 29.9. The number of aromatic nitrogens is 3. The molecule has 0 spiro atoms. The van der Waals surface area contributed by atoms with Crippen LogP contribution < -0.4 is 10.9 Å². The van der Waals surface area contributed by atoms with E-state index >= 15 is 0 Å². The molecule has 1 amide bonds. The lowest BCUT2D eigenvalue weighted by Crippen LogP contribution is -2.34. The van der Waals surface area contributed by atoms with Gasteiger partial charge in [-0.3, -0.25) is 9.59 Å². The Hall–Kier alpha value is -2.44. The predicted molar refractivity (Wildman–Crippen MR) is 71.7 cm³/mol. The van der Waals surface area contributed by atoms with Crippen LogP contribution in [0.2, 0.25) is 0 Å². The van der Waals surface area contributed by atoms with Crippen molar-refractivity contribution in [1.29, 1.82) is 0 Å². The van der Waals surface area contributed by atoms with Gasteiger partial charge in [0.2, 0.25) is 17.6 Å². The van der Waals surface area contributed by atoms with E-state index in [1.165, 1.54) is 6.20 Å². The van der Waals surface area contributed by atoms with Gasteiger partial charge in [0.1, 0.15) is 0 Å². The monoisotopic (exact) mass is 276 g/mol. The Morgan fingerprint density at radius 2 is 2.20 bits per heavy atom. The summed E-state index contributed by atoms with van der Waals surface area (Å²) >= 11 is 0. The number of nitrogens with one attached hydrogen (secondary N) is 2. The molecule has 0 radical (unpaired) electrons. The van der Waals surface area contributed by atoms with Crippen LogP contribution in [0.3, 0.4) is 0 Å². The number of amides is 1. The van der Waals surface area contributed by atoms with Crippen molar-refractivity contribution in [3.63, 3.8) is 0 Å². The summed E-state index contributed by atoms with van der Waals surface area (Å²) in [5, 5.41) is 6.43. The van der Waals surface area contributed by atoms with E-state index in [0.717, 1.165) is 0 Å². The van der Waals surface area contributed by atoms with Gasteiger partial charge in [-0.25, -0.2) is 0 Å². The zero-order valence-electron chi connectivity index (χ0n) is 11.6. The number of rotatable bonds is 3. The molecular formula is C13H16N4O3. The largest absolute Gasteiger partial charge is 0.347 e. The lowest BCUT2D eigenvalue weighted by atomic mass is 9.96. The summed E-state index contributed by atoms with van der Waals surface area (Å²) in [7, 11) is 0. The van der Waals surface area contributed by atoms with E-state index in [0.29, 0.717) is 5.56 Å². The SMILES string of the molecule is CC(C)(C)C(=O)NCc1nc(-c2ccc[nH]c2=O)no1. The van der Waals surface area contributed by atoms with Crippen molar-refractivity contribution in [2.75, 3.05) is 0 Å². The zero-order chi connectivity index (χ0) is 14.8. The van der Waals surface area contributed by atoms with Gasteiger partial charge >= 0.3 is 0 Å². The molecule has 0 aliphatic rings. The molecule has 7 heteroatoms. The quantitative estimate of drug-likeness (QED) is 0.873. The van der Waals surface area contributed by atoms with Gasteiger partial charge in [-0.05, 0) is 12.1 Å². The summed E-state index contributed by atoms with van der Waals surface area (Å²) in [5.41, 5.74) is -0.456. The van der Waals surface area contributed by atoms with Crippen LogP contribution in [0, 0.1) is 5.41 Å². The van der Waals surface area contributed by atoms with Crippen LogP contribution in [0.1, 0.15) is 26.7 Å². The minimum atomic E-state index is -0.487. The molecule has 0 aliphatic heterocycles. The molecule has 0 unspecified atom stereocenters. The maximum absolute atomic E-state index is 11.7. The predicted octanol–water partition coefficient (Wildman–Crippen LogP) is 1.09. The van der Waals surface area contributed by atoms with Gasteiger partial charge in [0.05, 0.1) is 12.1 Å². The van der Waals surface area contributed by atoms with E-state index in [9.17, 15) is 9.59 Å². The number of nitrogens with zero attached hydrogens (tertiary/aromatic N) is 2. The number of H-pyrrole nitrogens is 1. The lowest BCUT2D eigenvalue weighted by molar-refractivity contribution is -0.128. The number of carbonyl (C=O) groups excluding carboxylic acids is 1. The second-order valence-corrected chi connectivity index (χ2v) is 5.36. The first-order valence-electron chi connectivity index (χ1n) is 6.17. The van der Waals surface area contributed by atoms with Crippen molar-refractivity contribution in [3.8, 4) is 11.4 Å². The van der Waals surface area contributed by atoms with Gasteiger partial charge in [0.25, 0.3) is 5.56 Å². The summed E-state index contributed by atoms with van der Waals surface area (Å²) in [5.74, 6) is 0.336. The molecule has 0 saturated carbocycles. The van der Waals surface area contributed by atoms with Crippen LogP contribution in [0.15, 0.2) is 27.6 Å². The van der Waals surface area contributed by atoms with Crippen LogP contribution in [0.4, 0.5) is 0 Å². The highest BCUT2D eigenvalue weighted by atomic mass is 16.5. The standard InChI is InChI=1S/C13H16N4O3/c1-13(2,3)12(19)15-7-9-16-10(17-20-9)8-5-4-6-14-11(8)18/h4-6H,7H2,1-3H3,(H,14,18)(H,15,19). The summed E-state index contributed by atoms with van der Waals surface area (Å²) in [6.45, 7) is 5.56. The minimum absolute atomic E-state index is 0.116. The van der Waals surface area contributed by atoms with E-state index in [-0.39, 0.29) is 29.7 Å². The highest BCUT2D eigenvalue weighted by Gasteiger charge is 2.21. The first kappa shape index (κ1) is 14.0. The van der Waals surface area contributed by atoms with E-state index in [4.69, 9.17) is 4.52 Å². The van der Waals surface area contributed by atoms with Crippen LogP contribution in [-0.4, -0.2) is 21.0 Å². The number of carbonyl (C=O) groups is 1. The second-order valence-electron chi connectivity index (χ2n) is 5.36. The summed E-state index contributed by atoms with van der Waals surface area (Å²) < 4.78 is 5.01. The van der Waals surface area contributed by atoms with Crippen LogP contribution in [0.5, 0.6) is 0 Å². The first-order valence-corrected chi connectivity index (χ1v) is 6.17. The van der Waals surface area contributed by atoms with Gasteiger partial charge in [0.15, 0.2) is 0 Å². The van der Waals surface area contributed by atoms with Gasteiger partial charge in [0, 0.05) is 11.6 Å². The molecule has 0 fully saturated rings. The van der Waals surface area contributed by atoms with Crippen molar-refractivity contribution in [2.45, 2.75) is 27.3 Å². The lowest BCUT2D eigenvalue weighted by Gasteiger charge is -2.16. The van der Waals surface area contributed by atoms with Crippen molar-refractivity contribution < 1.29 is 9.32 Å². The van der Waals surface area contributed by atoms with Crippen molar-refractivity contribution >= 4 is 5.91 Å². The number of aromatic amines is 1. The third kappa shape index (κ3) is 3.11. The Labute approximate surface area is 115 Å². The molecular weight excluding hydrogens is 260 g/mol. The smallest absolute Gasteiger partial charge is 0.259 e. The summed E-state index contributed by atoms with van der Waals surface area (Å²) in [6.07, 6.45) is 1.52. The first-order chi connectivity index (χ1) is 9.38. The Bertz CT molecular complexity index is 666. The Balaban J connectivity index is 2.09. The highest BCUT2D eigenvalue weighted by molar-refractivity contribution is 5.81. The molecule has 2 aromatic rings. The Kier molecular flexibility index (Phi) is 3.69. The number of hydrogen-bond acceptors (Lipinski definition) is 5. The fraction of sp³-hybridized carbons (Fsp3) is 0.385. The van der Waals surface area contributed by atoms with Gasteiger partial charge in [-0.15, -0.1) is 0 Å². The molecule has 2 heterocycles. The zero-order valence-corrected chi connectivity index (χ0v) is 11.6. The molecule has 2 rings (SSSR count). The van der Waals surface area contributed by atoms with E-state index in [1.807, 2.05) is 20.8 Å². The molecule has 7 nitrogen and oxygen atoms in total. The number of pyridine rings is 1. The Morgan fingerprint density at radius 1 is 1.45 bits per heavy atom. The molecule has 2 aromatic heterocycles. The second kappa shape index (κ2) is 5.28. The maximum atomic E-state index is 11.7. The molecule has 20 heavy (non-hydrogen) atoms. The molecule has 0 atom stereocenters. The van der Waals surface area contributed by atoms with Gasteiger partial charge < -0.3 is 14.8 Å². The van der Waals surface area contributed by atoms with Gasteiger partial charge in [-0.1, -0.05) is 25.9 Å². The third-order valence-electron chi connectivity index (χ3n) is 2.61. The van der Waals surface area contributed by atoms with Crippen LogP contribution in [0.25, 0.3) is 11.4 Å². The maximum Gasteiger partial charge on any atom is 0.259 e. The van der Waals surface area contributed by atoms with Crippen LogP contribution in [-0.2, 0) is 11.3 Å². The molecule has 0 saturated heterocycles. The highest BCUT2D eigenvalue weighted by Crippen LogP contribution is 2.13. The minimum Gasteiger partial charge on any atom is -0.347 e. The molecule has 106 valence electrons. The fourth-order valence-electron chi connectivity index (χ4n) is 1.45. The average Bonchev–Trinajstić information content (AvgIpc) is 2.84.